The van der Waals surface area contributed by atoms with Gasteiger partial charge in [-0.25, -0.2) is 0 Å². The van der Waals surface area contributed by atoms with Gasteiger partial charge in [0.05, 0.1) is 5.25 Å². The number of allylic oxidation sites excluding steroid dienone is 1. The van der Waals surface area contributed by atoms with Crippen LogP contribution in [0.5, 0.6) is 0 Å². The molecule has 0 radical (unpaired) electrons. The van der Waals surface area contributed by atoms with Crippen molar-refractivity contribution in [2.75, 3.05) is 0 Å². The summed E-state index contributed by atoms with van der Waals surface area (Å²) in [5, 5.41) is 8.73. The lowest BCUT2D eigenvalue weighted by Gasteiger charge is -1.99. The molecule has 1 amide bonds. The first-order valence-electron chi connectivity index (χ1n) is 2.55. The van der Waals surface area contributed by atoms with Gasteiger partial charge in [0.2, 0.25) is 5.91 Å². The van der Waals surface area contributed by atoms with Crippen LogP contribution >= 0.6 is 11.8 Å². The van der Waals surface area contributed by atoms with Crippen LogP contribution < -0.4 is 5.73 Å². The van der Waals surface area contributed by atoms with Crippen molar-refractivity contribution < 1.29 is 9.90 Å². The SMILES string of the molecule is NC(=O)C1CC=C(O)S1. The molecule has 0 aromatic carbocycles. The summed E-state index contributed by atoms with van der Waals surface area (Å²) in [5.74, 6) is -0.361. The highest BCUT2D eigenvalue weighted by Gasteiger charge is 2.21. The number of rotatable bonds is 1. The van der Waals surface area contributed by atoms with E-state index >= 15 is 0 Å². The number of aliphatic hydroxyl groups excluding tert-OH is 1. The van der Waals surface area contributed by atoms with E-state index < -0.39 is 0 Å². The molecule has 50 valence electrons. The van der Waals surface area contributed by atoms with Gasteiger partial charge in [-0.15, -0.1) is 0 Å². The van der Waals surface area contributed by atoms with E-state index in [0.717, 1.165) is 11.8 Å². The lowest BCUT2D eigenvalue weighted by atomic mass is 10.3. The van der Waals surface area contributed by atoms with Crippen LogP contribution in [-0.4, -0.2) is 16.3 Å². The summed E-state index contributed by atoms with van der Waals surface area (Å²) < 4.78 is 0. The Morgan fingerprint density at radius 3 is 2.89 bits per heavy atom. The zero-order valence-corrected chi connectivity index (χ0v) is 5.52. The molecule has 0 aliphatic carbocycles. The lowest BCUT2D eigenvalue weighted by Crippen LogP contribution is -2.23. The Morgan fingerprint density at radius 2 is 2.67 bits per heavy atom. The molecule has 0 saturated carbocycles. The zero-order chi connectivity index (χ0) is 6.85. The Kier molecular flexibility index (Phi) is 1.66. The average molecular weight is 145 g/mol. The van der Waals surface area contributed by atoms with Gasteiger partial charge in [-0.3, -0.25) is 4.79 Å². The summed E-state index contributed by atoms with van der Waals surface area (Å²) in [6.07, 6.45) is 2.16. The Labute approximate surface area is 56.9 Å². The third-order valence-corrected chi connectivity index (χ3v) is 2.20. The van der Waals surface area contributed by atoms with Gasteiger partial charge in [0, 0.05) is 0 Å². The summed E-state index contributed by atoms with van der Waals surface area (Å²) in [6.45, 7) is 0. The third-order valence-electron chi connectivity index (χ3n) is 1.09. The minimum atomic E-state index is -0.361. The fraction of sp³-hybridized carbons (Fsp3) is 0.400. The van der Waals surface area contributed by atoms with Gasteiger partial charge in [-0.2, -0.15) is 0 Å². The number of thioether (sulfide) groups is 1. The topological polar surface area (TPSA) is 63.3 Å². The fourth-order valence-corrected chi connectivity index (χ4v) is 1.42. The minimum Gasteiger partial charge on any atom is -0.502 e. The number of hydrogen-bond donors (Lipinski definition) is 2. The van der Waals surface area contributed by atoms with Crippen molar-refractivity contribution >= 4 is 17.7 Å². The predicted molar refractivity (Wildman–Crippen MR) is 35.9 cm³/mol. The molecule has 0 fully saturated rings. The Balaban J connectivity index is 2.47. The number of carbonyl (C=O) groups is 1. The van der Waals surface area contributed by atoms with E-state index in [9.17, 15) is 4.79 Å². The minimum absolute atomic E-state index is 0.207. The molecule has 1 rings (SSSR count). The van der Waals surface area contributed by atoms with Gasteiger partial charge >= 0.3 is 0 Å². The standard InChI is InChI=1S/C5H7NO2S/c6-5(8)3-1-2-4(7)9-3/h2-3,7H,1H2,(H2,6,8). The van der Waals surface area contributed by atoms with Crippen molar-refractivity contribution in [2.45, 2.75) is 11.7 Å². The Morgan fingerprint density at radius 1 is 2.00 bits per heavy atom. The molecule has 1 aliphatic heterocycles. The molecule has 0 aromatic heterocycles. The monoisotopic (exact) mass is 145 g/mol. The second-order valence-electron chi connectivity index (χ2n) is 1.79. The molecule has 1 unspecified atom stereocenters. The van der Waals surface area contributed by atoms with Crippen LogP contribution in [0.1, 0.15) is 6.42 Å². The first-order valence-corrected chi connectivity index (χ1v) is 3.43. The van der Waals surface area contributed by atoms with Crippen LogP contribution in [0.3, 0.4) is 0 Å². The summed E-state index contributed by atoms with van der Waals surface area (Å²) >= 11 is 1.12. The molecular weight excluding hydrogens is 138 g/mol. The maximum atomic E-state index is 10.4. The van der Waals surface area contributed by atoms with Crippen molar-refractivity contribution in [3.63, 3.8) is 0 Å². The highest BCUT2D eigenvalue weighted by atomic mass is 32.2. The van der Waals surface area contributed by atoms with E-state index in [0.29, 0.717) is 6.42 Å². The van der Waals surface area contributed by atoms with Crippen molar-refractivity contribution in [3.05, 3.63) is 11.2 Å². The molecule has 3 N–H and O–H groups in total. The molecule has 0 bridgehead atoms. The molecule has 4 heteroatoms. The predicted octanol–water partition coefficient (Wildman–Crippen LogP) is 0.377. The smallest absolute Gasteiger partial charge is 0.231 e. The quantitative estimate of drug-likeness (QED) is 0.560. The largest absolute Gasteiger partial charge is 0.502 e. The van der Waals surface area contributed by atoms with E-state index in [1.165, 1.54) is 0 Å². The first-order chi connectivity index (χ1) is 4.20. The number of hydrogen-bond acceptors (Lipinski definition) is 3. The molecular formula is C5H7NO2S. The average Bonchev–Trinajstić information content (AvgIpc) is 2.14. The summed E-state index contributed by atoms with van der Waals surface area (Å²) in [5.41, 5.74) is 4.96. The maximum absolute atomic E-state index is 10.4. The Bertz CT molecular complexity index is 166. The van der Waals surface area contributed by atoms with Crippen molar-refractivity contribution in [1.82, 2.24) is 0 Å². The highest BCUT2D eigenvalue weighted by Crippen LogP contribution is 2.29. The third kappa shape index (κ3) is 1.38. The number of amides is 1. The van der Waals surface area contributed by atoms with Gasteiger partial charge in [-0.1, -0.05) is 11.8 Å². The van der Waals surface area contributed by atoms with Gasteiger partial charge in [0.1, 0.15) is 5.09 Å². The highest BCUT2D eigenvalue weighted by molar-refractivity contribution is 8.04. The van der Waals surface area contributed by atoms with Crippen LogP contribution in [0.15, 0.2) is 11.2 Å². The molecule has 1 atom stereocenters. The summed E-state index contributed by atoms with van der Waals surface area (Å²) in [4.78, 5) is 10.4. The number of carbonyl (C=O) groups excluding carboxylic acids is 1. The molecule has 9 heavy (non-hydrogen) atoms. The Hall–Kier alpha value is -0.640. The van der Waals surface area contributed by atoms with E-state index in [1.54, 1.807) is 6.08 Å². The second kappa shape index (κ2) is 2.31. The maximum Gasteiger partial charge on any atom is 0.231 e. The van der Waals surface area contributed by atoms with Gasteiger partial charge < -0.3 is 10.8 Å². The van der Waals surface area contributed by atoms with Crippen molar-refractivity contribution in [1.29, 1.82) is 0 Å². The second-order valence-corrected chi connectivity index (χ2v) is 3.01. The van der Waals surface area contributed by atoms with Gasteiger partial charge in [0.15, 0.2) is 0 Å². The molecule has 1 aliphatic rings. The molecule has 3 nitrogen and oxygen atoms in total. The molecule has 0 saturated heterocycles. The normalized spacial score (nSPS) is 25.8. The van der Waals surface area contributed by atoms with Gasteiger partial charge in [0.25, 0.3) is 0 Å². The first kappa shape index (κ1) is 6.48. The van der Waals surface area contributed by atoms with Crippen LogP contribution in [0.25, 0.3) is 0 Å². The number of aliphatic hydroxyl groups is 1. The summed E-state index contributed by atoms with van der Waals surface area (Å²) in [6, 6.07) is 0. The van der Waals surface area contributed by atoms with Crippen LogP contribution in [0.2, 0.25) is 0 Å². The molecule has 1 heterocycles. The van der Waals surface area contributed by atoms with Crippen LogP contribution in [0, 0.1) is 0 Å². The van der Waals surface area contributed by atoms with E-state index in [-0.39, 0.29) is 16.2 Å². The van der Waals surface area contributed by atoms with Crippen LogP contribution in [-0.2, 0) is 4.79 Å². The number of primary amides is 1. The van der Waals surface area contributed by atoms with Crippen LogP contribution in [0.4, 0.5) is 0 Å². The van der Waals surface area contributed by atoms with E-state index in [4.69, 9.17) is 10.8 Å². The zero-order valence-electron chi connectivity index (χ0n) is 4.70. The van der Waals surface area contributed by atoms with Crippen molar-refractivity contribution in [3.8, 4) is 0 Å². The number of nitrogens with two attached hydrogens (primary N) is 1. The van der Waals surface area contributed by atoms with E-state index in [1.807, 2.05) is 0 Å². The van der Waals surface area contributed by atoms with E-state index in [2.05, 4.69) is 0 Å². The lowest BCUT2D eigenvalue weighted by molar-refractivity contribution is -0.117. The molecule has 0 aromatic rings. The molecule has 0 spiro atoms. The fourth-order valence-electron chi connectivity index (χ4n) is 0.624. The van der Waals surface area contributed by atoms with Crippen molar-refractivity contribution in [2.24, 2.45) is 5.73 Å². The summed E-state index contributed by atoms with van der Waals surface area (Å²) in [7, 11) is 0. The van der Waals surface area contributed by atoms with Gasteiger partial charge in [-0.05, 0) is 12.5 Å².